The molecule has 0 aromatic rings. The standard InChI is InChI=1S/C13H28Cl3OP/c1-4-7-10-18(11-8-5-2,12-9-6-3)17-13(14,15)16/h18H,4-12H2,1-3H3. The predicted octanol–water partition coefficient (Wildman–Crippen LogP) is 6.40. The van der Waals surface area contributed by atoms with Gasteiger partial charge in [-0.05, 0) is 0 Å². The van der Waals surface area contributed by atoms with Crippen molar-refractivity contribution >= 4 is 42.3 Å². The molecule has 0 radical (unpaired) electrons. The third-order valence-corrected chi connectivity index (χ3v) is 8.44. The first kappa shape index (κ1) is 19.3. The molecule has 0 heterocycles. The van der Waals surface area contributed by atoms with Gasteiger partial charge >= 0.3 is 129 Å². The van der Waals surface area contributed by atoms with Crippen LogP contribution in [0.2, 0.25) is 0 Å². The molecule has 0 bridgehead atoms. The Morgan fingerprint density at radius 1 is 0.778 bits per heavy atom. The second kappa shape index (κ2) is 10.1. The molecule has 112 valence electrons. The Morgan fingerprint density at radius 2 is 1.11 bits per heavy atom. The minimum absolute atomic E-state index is 1.12. The van der Waals surface area contributed by atoms with Crippen molar-refractivity contribution in [2.75, 3.05) is 18.5 Å². The Hall–Kier alpha value is 1.26. The molecule has 0 aliphatic carbocycles. The molecule has 18 heavy (non-hydrogen) atoms. The van der Waals surface area contributed by atoms with E-state index in [1.807, 2.05) is 0 Å². The van der Waals surface area contributed by atoms with Crippen LogP contribution in [0.1, 0.15) is 59.3 Å². The van der Waals surface area contributed by atoms with E-state index in [9.17, 15) is 0 Å². The van der Waals surface area contributed by atoms with Crippen LogP contribution in [0.4, 0.5) is 0 Å². The van der Waals surface area contributed by atoms with Crippen molar-refractivity contribution in [3.63, 3.8) is 0 Å². The molecule has 0 saturated carbocycles. The molecule has 0 amide bonds. The fourth-order valence-corrected chi connectivity index (χ4v) is 8.28. The van der Waals surface area contributed by atoms with E-state index >= 15 is 0 Å². The van der Waals surface area contributed by atoms with Crippen molar-refractivity contribution in [3.05, 3.63) is 0 Å². The Balaban J connectivity index is 4.73. The monoisotopic (exact) mass is 336 g/mol. The van der Waals surface area contributed by atoms with Crippen LogP contribution in [-0.2, 0) is 4.52 Å². The van der Waals surface area contributed by atoms with Crippen LogP contribution in [0.3, 0.4) is 0 Å². The van der Waals surface area contributed by atoms with Crippen molar-refractivity contribution < 1.29 is 4.52 Å². The molecule has 0 fully saturated rings. The average Bonchev–Trinajstić information content (AvgIpc) is 2.29. The molecular formula is C13H28Cl3OP. The van der Waals surface area contributed by atoms with E-state index in [4.69, 9.17) is 39.3 Å². The van der Waals surface area contributed by atoms with E-state index in [-0.39, 0.29) is 0 Å². The molecule has 0 aromatic carbocycles. The van der Waals surface area contributed by atoms with Gasteiger partial charge in [-0.3, -0.25) is 0 Å². The molecule has 0 aliphatic heterocycles. The zero-order chi connectivity index (χ0) is 14.1. The van der Waals surface area contributed by atoms with E-state index < -0.39 is 11.5 Å². The Kier molecular flexibility index (Phi) is 10.8. The molecule has 0 saturated heterocycles. The normalized spacial score (nSPS) is 13.9. The number of hydrogen-bond acceptors (Lipinski definition) is 1. The fraction of sp³-hybridized carbons (Fsp3) is 1.00. The van der Waals surface area contributed by atoms with Crippen LogP contribution in [-0.4, -0.2) is 22.5 Å². The van der Waals surface area contributed by atoms with E-state index in [0.29, 0.717) is 0 Å². The molecule has 5 heteroatoms. The summed E-state index contributed by atoms with van der Waals surface area (Å²) in [5.41, 5.74) is 0. The maximum absolute atomic E-state index is 5.97. The summed E-state index contributed by atoms with van der Waals surface area (Å²) in [6, 6.07) is 0. The van der Waals surface area contributed by atoms with Gasteiger partial charge in [0.05, 0.1) is 0 Å². The van der Waals surface area contributed by atoms with Crippen LogP contribution in [0.25, 0.3) is 0 Å². The van der Waals surface area contributed by atoms with Crippen molar-refractivity contribution in [2.45, 2.75) is 63.3 Å². The average molecular weight is 338 g/mol. The number of rotatable bonds is 10. The summed E-state index contributed by atoms with van der Waals surface area (Å²) in [6.07, 6.45) is 10.4. The summed E-state index contributed by atoms with van der Waals surface area (Å²) in [7, 11) is -1.89. The number of hydrogen-bond donors (Lipinski definition) is 0. The van der Waals surface area contributed by atoms with Gasteiger partial charge in [-0.2, -0.15) is 0 Å². The Morgan fingerprint density at radius 3 is 1.33 bits per heavy atom. The zero-order valence-corrected chi connectivity index (χ0v) is 15.2. The first-order chi connectivity index (χ1) is 8.39. The van der Waals surface area contributed by atoms with Gasteiger partial charge in [0, 0.05) is 0 Å². The van der Waals surface area contributed by atoms with Crippen molar-refractivity contribution in [1.29, 1.82) is 0 Å². The van der Waals surface area contributed by atoms with E-state index in [1.165, 1.54) is 38.5 Å². The molecule has 0 unspecified atom stereocenters. The number of unbranched alkanes of at least 4 members (excludes halogenated alkanes) is 3. The molecule has 0 spiro atoms. The zero-order valence-electron chi connectivity index (χ0n) is 11.9. The van der Waals surface area contributed by atoms with Gasteiger partial charge < -0.3 is 0 Å². The summed E-state index contributed by atoms with van der Waals surface area (Å²) >= 11 is 17.7. The molecule has 0 aliphatic rings. The summed E-state index contributed by atoms with van der Waals surface area (Å²) < 4.78 is 4.43. The van der Waals surface area contributed by atoms with Gasteiger partial charge in [-0.1, -0.05) is 0 Å². The van der Waals surface area contributed by atoms with Gasteiger partial charge in [0.15, 0.2) is 0 Å². The Labute approximate surface area is 128 Å². The molecule has 0 aromatic heterocycles. The summed E-state index contributed by atoms with van der Waals surface area (Å²) in [5, 5.41) is 0. The number of halogens is 3. The quantitative estimate of drug-likeness (QED) is 0.331. The van der Waals surface area contributed by atoms with Gasteiger partial charge in [0.2, 0.25) is 0 Å². The fourth-order valence-electron chi connectivity index (χ4n) is 2.27. The topological polar surface area (TPSA) is 9.23 Å². The number of alkyl halides is 3. The van der Waals surface area contributed by atoms with Crippen LogP contribution < -0.4 is 0 Å². The van der Waals surface area contributed by atoms with E-state index in [2.05, 4.69) is 20.8 Å². The van der Waals surface area contributed by atoms with Crippen molar-refractivity contribution in [1.82, 2.24) is 0 Å². The third-order valence-electron chi connectivity index (χ3n) is 3.29. The molecule has 0 rings (SSSR count). The van der Waals surface area contributed by atoms with Crippen LogP contribution in [0.5, 0.6) is 0 Å². The van der Waals surface area contributed by atoms with E-state index in [1.54, 1.807) is 0 Å². The minimum atomic E-state index is -1.89. The van der Waals surface area contributed by atoms with Crippen LogP contribution in [0.15, 0.2) is 0 Å². The summed E-state index contributed by atoms with van der Waals surface area (Å²) in [6.45, 7) is 6.61. The predicted molar refractivity (Wildman–Crippen MR) is 89.0 cm³/mol. The SMILES string of the molecule is CCCC[PH](CCCC)(CCCC)OC(Cl)(Cl)Cl. The van der Waals surface area contributed by atoms with Crippen molar-refractivity contribution in [3.8, 4) is 0 Å². The van der Waals surface area contributed by atoms with Gasteiger partial charge in [0.25, 0.3) is 0 Å². The molecular weight excluding hydrogens is 309 g/mol. The Bertz CT molecular complexity index is 185. The molecule has 0 N–H and O–H groups in total. The summed E-state index contributed by atoms with van der Waals surface area (Å²) in [5.74, 6) is 0. The molecule has 0 atom stereocenters. The first-order valence-corrected chi connectivity index (χ1v) is 10.8. The maximum atomic E-state index is 5.97. The van der Waals surface area contributed by atoms with E-state index in [0.717, 1.165) is 18.5 Å². The van der Waals surface area contributed by atoms with Crippen LogP contribution >= 0.6 is 42.3 Å². The van der Waals surface area contributed by atoms with Gasteiger partial charge in [-0.25, -0.2) is 0 Å². The van der Waals surface area contributed by atoms with Crippen molar-refractivity contribution in [2.24, 2.45) is 0 Å². The second-order valence-electron chi connectivity index (χ2n) is 5.04. The van der Waals surface area contributed by atoms with Gasteiger partial charge in [-0.15, -0.1) is 0 Å². The third kappa shape index (κ3) is 9.21. The summed E-state index contributed by atoms with van der Waals surface area (Å²) in [4.78, 5) is 0. The first-order valence-electron chi connectivity index (χ1n) is 7.16. The van der Waals surface area contributed by atoms with Gasteiger partial charge in [0.1, 0.15) is 0 Å². The van der Waals surface area contributed by atoms with Crippen LogP contribution in [0, 0.1) is 0 Å². The second-order valence-corrected chi connectivity index (χ2v) is 11.3. The molecule has 1 nitrogen and oxygen atoms in total.